The number of carbonyl (C=O) groups excluding carboxylic acids is 2. The molecule has 1 heterocycles. The van der Waals surface area contributed by atoms with Crippen molar-refractivity contribution < 1.29 is 19.1 Å². The molecule has 0 bridgehead atoms. The smallest absolute Gasteiger partial charge is 0.315 e. The Balaban J connectivity index is 1.46. The van der Waals surface area contributed by atoms with Crippen LogP contribution in [-0.2, 0) is 11.3 Å². The van der Waals surface area contributed by atoms with E-state index in [0.29, 0.717) is 28.7 Å². The first-order valence-corrected chi connectivity index (χ1v) is 9.78. The minimum atomic E-state index is -0.319. The third kappa shape index (κ3) is 5.58. The van der Waals surface area contributed by atoms with Gasteiger partial charge >= 0.3 is 6.03 Å². The summed E-state index contributed by atoms with van der Waals surface area (Å²) in [6.07, 6.45) is 0.140. The summed E-state index contributed by atoms with van der Waals surface area (Å²) in [5.41, 5.74) is 1.71. The van der Waals surface area contributed by atoms with Crippen LogP contribution < -0.4 is 25.4 Å². The van der Waals surface area contributed by atoms with Crippen LogP contribution >= 0.6 is 11.3 Å². The molecule has 0 saturated heterocycles. The second-order valence-corrected chi connectivity index (χ2v) is 7.12. The number of rotatable bonds is 8. The molecule has 0 atom stereocenters. The number of aromatic nitrogens is 1. The second kappa shape index (κ2) is 9.74. The van der Waals surface area contributed by atoms with Crippen LogP contribution in [0.15, 0.2) is 42.5 Å². The van der Waals surface area contributed by atoms with Gasteiger partial charge in [0.2, 0.25) is 5.91 Å². The van der Waals surface area contributed by atoms with E-state index < -0.39 is 0 Å². The SMILES string of the molecule is COc1cc2nc(NC(=O)CCNC(=O)NCc3ccccc3)sc2cc1OC. The van der Waals surface area contributed by atoms with E-state index in [1.807, 2.05) is 36.4 Å². The molecule has 9 heteroatoms. The predicted molar refractivity (Wildman–Crippen MR) is 113 cm³/mol. The molecule has 0 aliphatic rings. The molecule has 0 fully saturated rings. The number of nitrogens with zero attached hydrogens (tertiary/aromatic N) is 1. The molecule has 3 N–H and O–H groups in total. The molecule has 29 heavy (non-hydrogen) atoms. The van der Waals surface area contributed by atoms with Gasteiger partial charge in [-0.2, -0.15) is 0 Å². The van der Waals surface area contributed by atoms with Crippen molar-refractivity contribution >= 4 is 38.6 Å². The van der Waals surface area contributed by atoms with Crippen LogP contribution in [0.5, 0.6) is 11.5 Å². The monoisotopic (exact) mass is 414 g/mol. The van der Waals surface area contributed by atoms with Crippen LogP contribution in [0.1, 0.15) is 12.0 Å². The summed E-state index contributed by atoms with van der Waals surface area (Å²) < 4.78 is 11.4. The molecule has 2 aromatic carbocycles. The number of urea groups is 1. The first-order chi connectivity index (χ1) is 14.1. The van der Waals surface area contributed by atoms with E-state index in [0.717, 1.165) is 10.3 Å². The highest BCUT2D eigenvalue weighted by Crippen LogP contribution is 2.36. The molecule has 0 spiro atoms. The summed E-state index contributed by atoms with van der Waals surface area (Å²) in [5, 5.41) is 8.64. The third-order valence-electron chi connectivity index (χ3n) is 4.07. The van der Waals surface area contributed by atoms with Crippen molar-refractivity contribution in [3.05, 3.63) is 48.0 Å². The standard InChI is InChI=1S/C20H22N4O4S/c1-27-15-10-14-17(11-16(15)28-2)29-20(23-14)24-18(25)8-9-21-19(26)22-12-13-6-4-3-5-7-13/h3-7,10-11H,8-9,12H2,1-2H3,(H2,21,22,26)(H,23,24,25). The van der Waals surface area contributed by atoms with Gasteiger partial charge < -0.3 is 25.4 Å². The number of anilines is 1. The lowest BCUT2D eigenvalue weighted by Gasteiger charge is -2.07. The highest BCUT2D eigenvalue weighted by Gasteiger charge is 2.12. The molecule has 0 aliphatic carbocycles. The lowest BCUT2D eigenvalue weighted by Crippen LogP contribution is -2.36. The van der Waals surface area contributed by atoms with Gasteiger partial charge in [-0.15, -0.1) is 0 Å². The van der Waals surface area contributed by atoms with E-state index in [-0.39, 0.29) is 24.9 Å². The first kappa shape index (κ1) is 20.4. The molecular weight excluding hydrogens is 392 g/mol. The van der Waals surface area contributed by atoms with E-state index >= 15 is 0 Å². The lowest BCUT2D eigenvalue weighted by molar-refractivity contribution is -0.116. The predicted octanol–water partition coefficient (Wildman–Crippen LogP) is 3.14. The maximum absolute atomic E-state index is 12.1. The highest BCUT2D eigenvalue weighted by atomic mass is 32.1. The Morgan fingerprint density at radius 2 is 1.76 bits per heavy atom. The number of thiazole rings is 1. The molecule has 3 amide bonds. The van der Waals surface area contributed by atoms with Crippen LogP contribution in [0.4, 0.5) is 9.93 Å². The maximum Gasteiger partial charge on any atom is 0.315 e. The first-order valence-electron chi connectivity index (χ1n) is 8.97. The minimum Gasteiger partial charge on any atom is -0.493 e. The zero-order chi connectivity index (χ0) is 20.6. The van der Waals surface area contributed by atoms with Gasteiger partial charge in [-0.3, -0.25) is 4.79 Å². The van der Waals surface area contributed by atoms with Gasteiger partial charge in [0.25, 0.3) is 0 Å². The van der Waals surface area contributed by atoms with E-state index in [2.05, 4.69) is 20.9 Å². The summed E-state index contributed by atoms with van der Waals surface area (Å²) >= 11 is 1.34. The Bertz CT molecular complexity index is 950. The number of nitrogens with one attached hydrogen (secondary N) is 3. The van der Waals surface area contributed by atoms with Gasteiger partial charge in [0.15, 0.2) is 16.6 Å². The third-order valence-corrected chi connectivity index (χ3v) is 5.01. The molecule has 3 rings (SSSR count). The van der Waals surface area contributed by atoms with Crippen molar-refractivity contribution in [2.24, 2.45) is 0 Å². The Morgan fingerprint density at radius 3 is 2.48 bits per heavy atom. The van der Waals surface area contributed by atoms with Crippen LogP contribution in [0.2, 0.25) is 0 Å². The molecule has 0 radical (unpaired) electrons. The van der Waals surface area contributed by atoms with Gasteiger partial charge in [0, 0.05) is 31.6 Å². The van der Waals surface area contributed by atoms with Crippen molar-refractivity contribution in [2.45, 2.75) is 13.0 Å². The second-order valence-electron chi connectivity index (χ2n) is 6.09. The van der Waals surface area contributed by atoms with Gasteiger partial charge in [-0.25, -0.2) is 9.78 Å². The number of amides is 3. The lowest BCUT2D eigenvalue weighted by atomic mass is 10.2. The zero-order valence-corrected chi connectivity index (χ0v) is 17.0. The average molecular weight is 414 g/mol. The number of hydrogen-bond acceptors (Lipinski definition) is 6. The topological polar surface area (TPSA) is 102 Å². The zero-order valence-electron chi connectivity index (χ0n) is 16.2. The fourth-order valence-corrected chi connectivity index (χ4v) is 3.51. The molecular formula is C20H22N4O4S. The number of methoxy groups -OCH3 is 2. The molecule has 152 valence electrons. The van der Waals surface area contributed by atoms with Crippen molar-refractivity contribution in [3.63, 3.8) is 0 Å². The molecule has 0 saturated carbocycles. The Kier molecular flexibility index (Phi) is 6.85. The van der Waals surface area contributed by atoms with Gasteiger partial charge in [0.1, 0.15) is 0 Å². The highest BCUT2D eigenvalue weighted by molar-refractivity contribution is 7.22. The largest absolute Gasteiger partial charge is 0.493 e. The summed E-state index contributed by atoms with van der Waals surface area (Å²) in [5.74, 6) is 0.951. The van der Waals surface area contributed by atoms with E-state index in [9.17, 15) is 9.59 Å². The Hall–Kier alpha value is -3.33. The molecule has 1 aromatic heterocycles. The summed E-state index contributed by atoms with van der Waals surface area (Å²) in [4.78, 5) is 28.3. The van der Waals surface area contributed by atoms with E-state index in [4.69, 9.17) is 9.47 Å². The summed E-state index contributed by atoms with van der Waals surface area (Å²) in [7, 11) is 3.12. The molecule has 3 aromatic rings. The van der Waals surface area contributed by atoms with Crippen molar-refractivity contribution in [3.8, 4) is 11.5 Å². The minimum absolute atomic E-state index is 0.140. The quantitative estimate of drug-likeness (QED) is 0.526. The fourth-order valence-electron chi connectivity index (χ4n) is 2.62. The van der Waals surface area contributed by atoms with Crippen LogP contribution in [-0.4, -0.2) is 37.7 Å². The number of ether oxygens (including phenoxy) is 2. The van der Waals surface area contributed by atoms with Crippen molar-refractivity contribution in [1.29, 1.82) is 0 Å². The number of benzene rings is 2. The number of hydrogen-bond donors (Lipinski definition) is 3. The van der Waals surface area contributed by atoms with Gasteiger partial charge in [-0.05, 0) is 5.56 Å². The molecule has 8 nitrogen and oxygen atoms in total. The van der Waals surface area contributed by atoms with E-state index in [1.54, 1.807) is 20.3 Å². The maximum atomic E-state index is 12.1. The van der Waals surface area contributed by atoms with Crippen LogP contribution in [0.25, 0.3) is 10.2 Å². The number of carbonyl (C=O) groups is 2. The van der Waals surface area contributed by atoms with Crippen molar-refractivity contribution in [1.82, 2.24) is 15.6 Å². The van der Waals surface area contributed by atoms with Crippen molar-refractivity contribution in [2.75, 3.05) is 26.1 Å². The Labute approximate surface area is 172 Å². The van der Waals surface area contributed by atoms with Gasteiger partial charge in [-0.1, -0.05) is 41.7 Å². The van der Waals surface area contributed by atoms with Crippen LogP contribution in [0.3, 0.4) is 0 Å². The summed E-state index contributed by atoms with van der Waals surface area (Å²) in [6.45, 7) is 0.649. The van der Waals surface area contributed by atoms with Gasteiger partial charge in [0.05, 0.1) is 24.4 Å². The van der Waals surface area contributed by atoms with Crippen LogP contribution in [0, 0.1) is 0 Å². The molecule has 0 aliphatic heterocycles. The average Bonchev–Trinajstić information content (AvgIpc) is 3.12. The number of fused-ring (bicyclic) bond motifs is 1. The Morgan fingerprint density at radius 1 is 1.03 bits per heavy atom. The summed E-state index contributed by atoms with van der Waals surface area (Å²) in [6, 6.07) is 12.9. The van der Waals surface area contributed by atoms with E-state index in [1.165, 1.54) is 11.3 Å². The fraction of sp³-hybridized carbons (Fsp3) is 0.250. The molecule has 0 unspecified atom stereocenters. The normalized spacial score (nSPS) is 10.4.